The van der Waals surface area contributed by atoms with Crippen molar-refractivity contribution in [3.63, 3.8) is 0 Å². The third-order valence-corrected chi connectivity index (χ3v) is 5.16. The van der Waals surface area contributed by atoms with Gasteiger partial charge in [-0.05, 0) is 54.4 Å². The van der Waals surface area contributed by atoms with Crippen LogP contribution in [0.1, 0.15) is 21.7 Å². The van der Waals surface area contributed by atoms with Crippen LogP contribution in [0.3, 0.4) is 0 Å². The smallest absolute Gasteiger partial charge is 0.251 e. The fourth-order valence-electron chi connectivity index (χ4n) is 3.62. The Hall–Kier alpha value is -3.18. The molecule has 2 aromatic carbocycles. The first-order valence-corrected chi connectivity index (χ1v) is 10.1. The molecule has 0 bridgehead atoms. The van der Waals surface area contributed by atoms with Gasteiger partial charge in [0.2, 0.25) is 0 Å². The first kappa shape index (κ1) is 19.2. The number of anilines is 1. The minimum absolute atomic E-state index is 0.0894. The molecule has 1 fully saturated rings. The molecule has 5 heteroatoms. The van der Waals surface area contributed by atoms with Crippen LogP contribution in [0.25, 0.3) is 11.1 Å². The van der Waals surface area contributed by atoms with Crippen LogP contribution in [-0.2, 0) is 6.54 Å². The molecule has 2 heterocycles. The number of benzene rings is 2. The fourth-order valence-corrected chi connectivity index (χ4v) is 3.62. The first-order chi connectivity index (χ1) is 14.2. The maximum atomic E-state index is 12.6. The number of rotatable bonds is 5. The van der Waals surface area contributed by atoms with Crippen molar-refractivity contribution in [1.29, 1.82) is 0 Å². The molecular weight excluding hydrogens is 360 g/mol. The number of hydrogen-bond acceptors (Lipinski definition) is 4. The van der Waals surface area contributed by atoms with Gasteiger partial charge in [0, 0.05) is 43.1 Å². The van der Waals surface area contributed by atoms with Crippen molar-refractivity contribution in [3.8, 4) is 11.1 Å². The minimum atomic E-state index is -0.0894. The van der Waals surface area contributed by atoms with E-state index in [2.05, 4.69) is 50.8 Å². The number of nitrogens with one attached hydrogen (secondary N) is 2. The maximum Gasteiger partial charge on any atom is 0.251 e. The first-order valence-electron chi connectivity index (χ1n) is 10.1. The third kappa shape index (κ3) is 4.81. The van der Waals surface area contributed by atoms with Crippen LogP contribution < -0.4 is 15.5 Å². The summed E-state index contributed by atoms with van der Waals surface area (Å²) in [5.74, 6) is -0.0894. The van der Waals surface area contributed by atoms with Crippen LogP contribution in [0.4, 0.5) is 5.69 Å². The molecular formula is C24H26N4O. The number of hydrogen-bond donors (Lipinski definition) is 2. The van der Waals surface area contributed by atoms with E-state index in [1.807, 2.05) is 43.3 Å². The van der Waals surface area contributed by atoms with Crippen LogP contribution in [0.2, 0.25) is 0 Å². The number of aryl methyl sites for hydroxylation is 1. The largest absolute Gasteiger partial charge is 0.369 e. The number of carbonyl (C=O) groups excluding carboxylic acids is 1. The van der Waals surface area contributed by atoms with Gasteiger partial charge in [0.05, 0.1) is 12.2 Å². The van der Waals surface area contributed by atoms with Gasteiger partial charge in [-0.1, -0.05) is 30.3 Å². The van der Waals surface area contributed by atoms with Crippen LogP contribution in [0, 0.1) is 6.92 Å². The highest BCUT2D eigenvalue weighted by Crippen LogP contribution is 2.26. The Kier molecular flexibility index (Phi) is 5.86. The summed E-state index contributed by atoms with van der Waals surface area (Å²) in [7, 11) is 0. The highest BCUT2D eigenvalue weighted by Gasteiger charge is 2.12. The van der Waals surface area contributed by atoms with Gasteiger partial charge in [0.1, 0.15) is 0 Å². The normalized spacial score (nSPS) is 13.9. The van der Waals surface area contributed by atoms with Crippen molar-refractivity contribution in [2.75, 3.05) is 31.1 Å². The predicted octanol–water partition coefficient (Wildman–Crippen LogP) is 3.40. The summed E-state index contributed by atoms with van der Waals surface area (Å²) < 4.78 is 0. The van der Waals surface area contributed by atoms with Gasteiger partial charge in [0.25, 0.3) is 5.91 Å². The molecule has 148 valence electrons. The van der Waals surface area contributed by atoms with Crippen molar-refractivity contribution in [2.24, 2.45) is 0 Å². The summed E-state index contributed by atoms with van der Waals surface area (Å²) in [4.78, 5) is 19.5. The van der Waals surface area contributed by atoms with Gasteiger partial charge in [-0.25, -0.2) is 0 Å². The Bertz CT molecular complexity index is 995. The second-order valence-electron chi connectivity index (χ2n) is 7.32. The van der Waals surface area contributed by atoms with Crippen molar-refractivity contribution >= 4 is 11.6 Å². The van der Waals surface area contributed by atoms with E-state index in [1.54, 1.807) is 0 Å². The molecule has 1 aromatic heterocycles. The summed E-state index contributed by atoms with van der Waals surface area (Å²) in [6, 6.07) is 22.2. The number of nitrogens with zero attached hydrogens (tertiary/aromatic N) is 2. The molecule has 1 amide bonds. The molecule has 1 aliphatic heterocycles. The third-order valence-electron chi connectivity index (χ3n) is 5.16. The standard InChI is InChI=1S/C24H26N4O/c1-18-5-2-9-22(27-18)17-26-24(29)21-8-3-6-19(15-21)20-7-4-10-23(16-20)28-13-11-25-12-14-28/h2-10,15-16,25H,11-14,17H2,1H3,(H,26,29). The van der Waals surface area contributed by atoms with Gasteiger partial charge >= 0.3 is 0 Å². The topological polar surface area (TPSA) is 57.3 Å². The van der Waals surface area contributed by atoms with E-state index in [4.69, 9.17) is 0 Å². The number of pyridine rings is 1. The van der Waals surface area contributed by atoms with Crippen molar-refractivity contribution in [3.05, 3.63) is 83.7 Å². The van der Waals surface area contributed by atoms with Crippen molar-refractivity contribution in [2.45, 2.75) is 13.5 Å². The Morgan fingerprint density at radius 1 is 1.00 bits per heavy atom. The lowest BCUT2D eigenvalue weighted by atomic mass is 10.0. The number of carbonyl (C=O) groups is 1. The number of aromatic nitrogens is 1. The molecule has 0 aliphatic carbocycles. The summed E-state index contributed by atoms with van der Waals surface area (Å²) in [6.07, 6.45) is 0. The number of amides is 1. The molecule has 0 unspecified atom stereocenters. The van der Waals surface area contributed by atoms with E-state index in [-0.39, 0.29) is 5.91 Å². The predicted molar refractivity (Wildman–Crippen MR) is 117 cm³/mol. The summed E-state index contributed by atoms with van der Waals surface area (Å²) in [5.41, 5.74) is 5.85. The fraction of sp³-hybridized carbons (Fsp3) is 0.250. The summed E-state index contributed by atoms with van der Waals surface area (Å²) >= 11 is 0. The van der Waals surface area contributed by atoms with Crippen molar-refractivity contribution < 1.29 is 4.79 Å². The molecule has 0 spiro atoms. The second kappa shape index (κ2) is 8.88. The van der Waals surface area contributed by atoms with E-state index in [9.17, 15) is 4.79 Å². The molecule has 29 heavy (non-hydrogen) atoms. The molecule has 2 N–H and O–H groups in total. The van der Waals surface area contributed by atoms with E-state index < -0.39 is 0 Å². The van der Waals surface area contributed by atoms with E-state index in [0.29, 0.717) is 12.1 Å². The second-order valence-corrected chi connectivity index (χ2v) is 7.32. The van der Waals surface area contributed by atoms with Crippen LogP contribution in [0.5, 0.6) is 0 Å². The molecule has 1 aliphatic rings. The van der Waals surface area contributed by atoms with Crippen molar-refractivity contribution in [1.82, 2.24) is 15.6 Å². The van der Waals surface area contributed by atoms with E-state index >= 15 is 0 Å². The number of piperazine rings is 1. The molecule has 0 saturated carbocycles. The zero-order valence-electron chi connectivity index (χ0n) is 16.7. The average Bonchev–Trinajstić information content (AvgIpc) is 2.78. The van der Waals surface area contributed by atoms with E-state index in [0.717, 1.165) is 48.7 Å². The monoisotopic (exact) mass is 386 g/mol. The lowest BCUT2D eigenvalue weighted by molar-refractivity contribution is 0.0950. The minimum Gasteiger partial charge on any atom is -0.369 e. The quantitative estimate of drug-likeness (QED) is 0.706. The Morgan fingerprint density at radius 2 is 1.72 bits per heavy atom. The lowest BCUT2D eigenvalue weighted by Gasteiger charge is -2.29. The van der Waals surface area contributed by atoms with Crippen LogP contribution in [-0.4, -0.2) is 37.1 Å². The Morgan fingerprint density at radius 3 is 2.52 bits per heavy atom. The zero-order chi connectivity index (χ0) is 20.1. The molecule has 4 rings (SSSR count). The van der Waals surface area contributed by atoms with Gasteiger partial charge < -0.3 is 15.5 Å². The molecule has 0 radical (unpaired) electrons. The van der Waals surface area contributed by atoms with Crippen LogP contribution in [0.15, 0.2) is 66.7 Å². The summed E-state index contributed by atoms with van der Waals surface area (Å²) in [5, 5.41) is 6.35. The summed E-state index contributed by atoms with van der Waals surface area (Å²) in [6.45, 7) is 6.41. The van der Waals surface area contributed by atoms with Gasteiger partial charge in [0.15, 0.2) is 0 Å². The zero-order valence-corrected chi connectivity index (χ0v) is 16.7. The Labute approximate surface area is 171 Å². The maximum absolute atomic E-state index is 12.6. The molecule has 1 saturated heterocycles. The SMILES string of the molecule is Cc1cccc(CNC(=O)c2cccc(-c3cccc(N4CCNCC4)c3)c2)n1. The van der Waals surface area contributed by atoms with Gasteiger partial charge in [-0.3, -0.25) is 9.78 Å². The van der Waals surface area contributed by atoms with Crippen LogP contribution >= 0.6 is 0 Å². The molecule has 5 nitrogen and oxygen atoms in total. The Balaban J connectivity index is 1.49. The molecule has 0 atom stereocenters. The van der Waals surface area contributed by atoms with Gasteiger partial charge in [-0.15, -0.1) is 0 Å². The molecule has 3 aromatic rings. The van der Waals surface area contributed by atoms with E-state index in [1.165, 1.54) is 5.69 Å². The van der Waals surface area contributed by atoms with Gasteiger partial charge in [-0.2, -0.15) is 0 Å². The highest BCUT2D eigenvalue weighted by atomic mass is 16.1. The lowest BCUT2D eigenvalue weighted by Crippen LogP contribution is -2.43. The highest BCUT2D eigenvalue weighted by molar-refractivity contribution is 5.95. The average molecular weight is 386 g/mol.